The van der Waals surface area contributed by atoms with Gasteiger partial charge in [-0.15, -0.1) is 0 Å². The number of aryl methyl sites for hydroxylation is 1. The zero-order chi connectivity index (χ0) is 21.0. The summed E-state index contributed by atoms with van der Waals surface area (Å²) in [7, 11) is 0. The van der Waals surface area contributed by atoms with Crippen LogP contribution in [0.2, 0.25) is 0 Å². The predicted octanol–water partition coefficient (Wildman–Crippen LogP) is 4.54. The number of nitrogens with zero attached hydrogens (tertiary/aromatic N) is 1. The Kier molecular flexibility index (Phi) is 6.57. The molecule has 0 unspecified atom stereocenters. The van der Waals surface area contributed by atoms with Gasteiger partial charge in [0.15, 0.2) is 0 Å². The molecular weight excluding hydrogens is 364 g/mol. The lowest BCUT2D eigenvalue weighted by molar-refractivity contribution is -0.126. The van der Waals surface area contributed by atoms with Crippen LogP contribution in [-0.2, 0) is 22.6 Å². The van der Waals surface area contributed by atoms with Gasteiger partial charge >= 0.3 is 0 Å². The Morgan fingerprint density at radius 2 is 1.83 bits per heavy atom. The summed E-state index contributed by atoms with van der Waals surface area (Å²) in [6, 6.07) is 13.4. The maximum absolute atomic E-state index is 13.1. The van der Waals surface area contributed by atoms with Gasteiger partial charge in [0.05, 0.1) is 12.6 Å². The molecule has 0 fully saturated rings. The number of unbranched alkanes of at least 4 members (excludes halogenated alkanes) is 1. The maximum atomic E-state index is 13.1. The predicted molar refractivity (Wildman–Crippen MR) is 115 cm³/mol. The molecule has 2 amide bonds. The molecule has 0 bridgehead atoms. The van der Waals surface area contributed by atoms with Gasteiger partial charge in [-0.1, -0.05) is 37.6 Å². The Bertz CT molecular complexity index is 874. The highest BCUT2D eigenvalue weighted by Gasteiger charge is 2.37. The summed E-state index contributed by atoms with van der Waals surface area (Å²) in [5.41, 5.74) is 3.97. The molecule has 0 saturated carbocycles. The summed E-state index contributed by atoms with van der Waals surface area (Å²) in [6.45, 7) is 8.05. The Balaban J connectivity index is 1.86. The van der Waals surface area contributed by atoms with E-state index in [9.17, 15) is 9.59 Å². The van der Waals surface area contributed by atoms with Crippen molar-refractivity contribution in [3.05, 3.63) is 59.2 Å². The first-order chi connectivity index (χ1) is 13.9. The lowest BCUT2D eigenvalue weighted by atomic mass is 10.0. The van der Waals surface area contributed by atoms with Crippen LogP contribution in [0.25, 0.3) is 0 Å². The van der Waals surface area contributed by atoms with Crippen LogP contribution in [0, 0.1) is 0 Å². The van der Waals surface area contributed by atoms with Gasteiger partial charge in [-0.2, -0.15) is 0 Å². The Labute approximate surface area is 173 Å². The largest absolute Gasteiger partial charge is 0.491 e. The fraction of sp³-hybridized carbons (Fsp3) is 0.417. The number of ether oxygens (including phenoxy) is 1. The van der Waals surface area contributed by atoms with Crippen LogP contribution in [0.1, 0.15) is 63.3 Å². The molecule has 2 aromatic carbocycles. The van der Waals surface area contributed by atoms with E-state index in [0.717, 1.165) is 41.8 Å². The van der Waals surface area contributed by atoms with E-state index in [-0.39, 0.29) is 17.9 Å². The van der Waals surface area contributed by atoms with Crippen LogP contribution in [0.3, 0.4) is 0 Å². The first-order valence-corrected chi connectivity index (χ1v) is 10.4. The van der Waals surface area contributed by atoms with E-state index in [1.807, 2.05) is 44.2 Å². The molecule has 0 saturated heterocycles. The standard InChI is InChI=1S/C24H30N2O3/c1-5-6-7-18-10-13-22-21(14-18)23(25-17(4)27)24(28)26(22)15-19-8-11-20(12-9-19)29-16(2)3/h8-14,16,23H,5-7,15H2,1-4H3,(H,25,27)/t23-/m0/s1. The summed E-state index contributed by atoms with van der Waals surface area (Å²) in [5.74, 6) is 0.518. The first-order valence-electron chi connectivity index (χ1n) is 10.4. The van der Waals surface area contributed by atoms with E-state index < -0.39 is 6.04 Å². The van der Waals surface area contributed by atoms with Crippen molar-refractivity contribution >= 4 is 17.5 Å². The molecule has 1 aliphatic rings. The first kappa shape index (κ1) is 20.9. The average molecular weight is 395 g/mol. The average Bonchev–Trinajstić information content (AvgIpc) is 2.92. The van der Waals surface area contributed by atoms with Crippen LogP contribution in [0.4, 0.5) is 5.69 Å². The quantitative estimate of drug-likeness (QED) is 0.715. The van der Waals surface area contributed by atoms with E-state index in [2.05, 4.69) is 24.4 Å². The lowest BCUT2D eigenvalue weighted by Crippen LogP contribution is -2.36. The zero-order valence-corrected chi connectivity index (χ0v) is 17.7. The van der Waals surface area contributed by atoms with Gasteiger partial charge in [0.25, 0.3) is 5.91 Å². The van der Waals surface area contributed by atoms with Gasteiger partial charge in [-0.3, -0.25) is 9.59 Å². The number of hydrogen-bond donors (Lipinski definition) is 1. The topological polar surface area (TPSA) is 58.6 Å². The van der Waals surface area contributed by atoms with Crippen molar-refractivity contribution in [1.82, 2.24) is 5.32 Å². The molecule has 0 aliphatic carbocycles. The number of anilines is 1. The van der Waals surface area contributed by atoms with Gasteiger partial charge in [-0.05, 0) is 56.0 Å². The highest BCUT2D eigenvalue weighted by Crippen LogP contribution is 2.38. The van der Waals surface area contributed by atoms with Crippen LogP contribution in [0.5, 0.6) is 5.75 Å². The summed E-state index contributed by atoms with van der Waals surface area (Å²) < 4.78 is 5.69. The number of fused-ring (bicyclic) bond motifs is 1. The number of hydrogen-bond acceptors (Lipinski definition) is 3. The minimum atomic E-state index is -0.618. The maximum Gasteiger partial charge on any atom is 0.254 e. The van der Waals surface area contributed by atoms with Crippen LogP contribution in [-0.4, -0.2) is 17.9 Å². The molecule has 3 rings (SSSR count). The monoisotopic (exact) mass is 394 g/mol. The number of nitrogens with one attached hydrogen (secondary N) is 1. The van der Waals surface area contributed by atoms with Crippen LogP contribution >= 0.6 is 0 Å². The van der Waals surface area contributed by atoms with Crippen molar-refractivity contribution in [2.24, 2.45) is 0 Å². The molecule has 1 N–H and O–H groups in total. The number of rotatable bonds is 8. The molecular formula is C24H30N2O3. The van der Waals surface area contributed by atoms with E-state index in [1.54, 1.807) is 4.90 Å². The third kappa shape index (κ3) is 4.97. The van der Waals surface area contributed by atoms with Crippen molar-refractivity contribution in [1.29, 1.82) is 0 Å². The smallest absolute Gasteiger partial charge is 0.254 e. The van der Waals surface area contributed by atoms with Gasteiger partial charge in [0.1, 0.15) is 11.8 Å². The lowest BCUT2D eigenvalue weighted by Gasteiger charge is -2.19. The van der Waals surface area contributed by atoms with Crippen LogP contribution < -0.4 is 15.0 Å². The van der Waals surface area contributed by atoms with Gasteiger partial charge in [-0.25, -0.2) is 0 Å². The van der Waals surface area contributed by atoms with Crippen molar-refractivity contribution in [2.45, 2.75) is 65.6 Å². The third-order valence-corrected chi connectivity index (χ3v) is 5.01. The second-order valence-electron chi connectivity index (χ2n) is 7.87. The number of carbonyl (C=O) groups excluding carboxylic acids is 2. The molecule has 2 aromatic rings. The van der Waals surface area contributed by atoms with Crippen molar-refractivity contribution in [3.8, 4) is 5.75 Å². The Morgan fingerprint density at radius 3 is 2.45 bits per heavy atom. The van der Waals surface area contributed by atoms with Gasteiger partial charge < -0.3 is 15.0 Å². The van der Waals surface area contributed by atoms with Gasteiger partial charge in [0, 0.05) is 18.2 Å². The molecule has 0 spiro atoms. The number of amides is 2. The summed E-state index contributed by atoms with van der Waals surface area (Å²) in [4.78, 5) is 26.6. The van der Waals surface area contributed by atoms with E-state index in [0.29, 0.717) is 6.54 Å². The van der Waals surface area contributed by atoms with E-state index in [1.165, 1.54) is 12.5 Å². The van der Waals surface area contributed by atoms with Crippen LogP contribution in [0.15, 0.2) is 42.5 Å². The van der Waals surface area contributed by atoms with E-state index >= 15 is 0 Å². The Morgan fingerprint density at radius 1 is 1.14 bits per heavy atom. The van der Waals surface area contributed by atoms with Crippen molar-refractivity contribution < 1.29 is 14.3 Å². The minimum Gasteiger partial charge on any atom is -0.491 e. The summed E-state index contributed by atoms with van der Waals surface area (Å²) in [5, 5.41) is 2.83. The highest BCUT2D eigenvalue weighted by molar-refractivity contribution is 6.06. The zero-order valence-electron chi connectivity index (χ0n) is 17.7. The molecule has 1 aliphatic heterocycles. The van der Waals surface area contributed by atoms with E-state index in [4.69, 9.17) is 4.74 Å². The fourth-order valence-corrected chi connectivity index (χ4v) is 3.66. The molecule has 1 atom stereocenters. The molecule has 154 valence electrons. The Hall–Kier alpha value is -2.82. The molecule has 1 heterocycles. The molecule has 5 nitrogen and oxygen atoms in total. The summed E-state index contributed by atoms with van der Waals surface area (Å²) >= 11 is 0. The van der Waals surface area contributed by atoms with Crippen molar-refractivity contribution in [2.75, 3.05) is 4.90 Å². The molecule has 5 heteroatoms. The minimum absolute atomic E-state index is 0.0923. The SMILES string of the molecule is CCCCc1ccc2c(c1)[C@H](NC(C)=O)C(=O)N2Cc1ccc(OC(C)C)cc1. The molecule has 29 heavy (non-hydrogen) atoms. The highest BCUT2D eigenvalue weighted by atomic mass is 16.5. The molecule has 0 radical (unpaired) electrons. The second-order valence-corrected chi connectivity index (χ2v) is 7.87. The number of carbonyl (C=O) groups is 2. The van der Waals surface area contributed by atoms with Crippen molar-refractivity contribution in [3.63, 3.8) is 0 Å². The molecule has 0 aromatic heterocycles. The van der Waals surface area contributed by atoms with Gasteiger partial charge in [0.2, 0.25) is 5.91 Å². The summed E-state index contributed by atoms with van der Waals surface area (Å²) in [6.07, 6.45) is 3.32. The third-order valence-electron chi connectivity index (χ3n) is 5.01. The number of benzene rings is 2. The fourth-order valence-electron chi connectivity index (χ4n) is 3.66. The second kappa shape index (κ2) is 9.12. The normalized spacial score (nSPS) is 15.6.